The van der Waals surface area contributed by atoms with Crippen molar-refractivity contribution in [3.8, 4) is 0 Å². The molecule has 1 N–H and O–H groups in total. The fourth-order valence-electron chi connectivity index (χ4n) is 3.51. The van der Waals surface area contributed by atoms with Gasteiger partial charge in [0.15, 0.2) is 0 Å². The third kappa shape index (κ3) is 4.30. The predicted octanol–water partition coefficient (Wildman–Crippen LogP) is 4.97. The Morgan fingerprint density at radius 2 is 2.00 bits per heavy atom. The lowest BCUT2D eigenvalue weighted by molar-refractivity contribution is -0.121. The molecule has 0 saturated carbocycles. The van der Waals surface area contributed by atoms with E-state index in [0.29, 0.717) is 17.3 Å². The maximum atomic E-state index is 12.6. The monoisotopic (exact) mass is 482 g/mol. The van der Waals surface area contributed by atoms with Crippen LogP contribution in [-0.4, -0.2) is 21.6 Å². The Hall–Kier alpha value is -2.57. The first kappa shape index (κ1) is 20.7. The molecule has 2 aromatic heterocycles. The molecule has 0 saturated heterocycles. The van der Waals surface area contributed by atoms with Crippen LogP contribution in [0, 0.1) is 6.92 Å². The quantitative estimate of drug-likeness (QED) is 0.557. The molecule has 4 rings (SSSR count). The second-order valence-electron chi connectivity index (χ2n) is 7.28. The molecular weight excluding hydrogens is 464 g/mol. The number of rotatable bonds is 5. The molecule has 30 heavy (non-hydrogen) atoms. The molecule has 3 heterocycles. The van der Waals surface area contributed by atoms with Gasteiger partial charge < -0.3 is 5.32 Å². The molecule has 0 aliphatic carbocycles. The number of carbonyl (C=O) groups is 1. The topological polar surface area (TPSA) is 67.2 Å². The molecular formula is C23H20BrClN4O. The van der Waals surface area contributed by atoms with Gasteiger partial charge in [-0.25, -0.2) is 0 Å². The molecule has 0 unspecified atom stereocenters. The molecule has 0 radical (unpaired) electrons. The van der Waals surface area contributed by atoms with E-state index >= 15 is 0 Å². The second-order valence-corrected chi connectivity index (χ2v) is 8.51. The zero-order valence-corrected chi connectivity index (χ0v) is 19.0. The van der Waals surface area contributed by atoms with Gasteiger partial charge in [0.1, 0.15) is 0 Å². The Labute approximate surface area is 188 Å². The van der Waals surface area contributed by atoms with Crippen LogP contribution in [0.1, 0.15) is 46.6 Å². The molecule has 1 amide bonds. The minimum absolute atomic E-state index is 0.0884. The number of fused-ring (bicyclic) bond motifs is 1. The van der Waals surface area contributed by atoms with Crippen LogP contribution in [0.4, 0.5) is 0 Å². The van der Waals surface area contributed by atoms with E-state index in [9.17, 15) is 4.79 Å². The first-order valence-electron chi connectivity index (χ1n) is 9.61. The smallest absolute Gasteiger partial charge is 0.226 e. The molecule has 1 aromatic carbocycles. The average molecular weight is 484 g/mol. The van der Waals surface area contributed by atoms with Crippen LogP contribution in [0.25, 0.3) is 0 Å². The lowest BCUT2D eigenvalue weighted by atomic mass is 10.0. The summed E-state index contributed by atoms with van der Waals surface area (Å²) >= 11 is 9.59. The number of nitrogens with zero attached hydrogens (tertiary/aromatic N) is 3. The Balaban J connectivity index is 1.49. The molecule has 1 aliphatic rings. The first-order chi connectivity index (χ1) is 14.4. The van der Waals surface area contributed by atoms with Gasteiger partial charge in [-0.05, 0) is 59.6 Å². The zero-order valence-electron chi connectivity index (χ0n) is 16.6. The molecule has 0 fully saturated rings. The lowest BCUT2D eigenvalue weighted by Gasteiger charge is -2.15. The summed E-state index contributed by atoms with van der Waals surface area (Å²) in [4.78, 5) is 26.1. The summed E-state index contributed by atoms with van der Waals surface area (Å²) in [6.45, 7) is 4.47. The van der Waals surface area contributed by atoms with E-state index in [1.165, 1.54) is 0 Å². The molecule has 5 nitrogen and oxygen atoms in total. The van der Waals surface area contributed by atoms with Crippen LogP contribution in [0.15, 0.2) is 58.3 Å². The molecule has 1 aliphatic heterocycles. The number of aromatic nitrogens is 2. The summed E-state index contributed by atoms with van der Waals surface area (Å²) in [6, 6.07) is 11.3. The van der Waals surface area contributed by atoms with Crippen LogP contribution in [0.2, 0.25) is 5.02 Å². The summed E-state index contributed by atoms with van der Waals surface area (Å²) in [5.41, 5.74) is 6.64. The fourth-order valence-corrected chi connectivity index (χ4v) is 4.22. The van der Waals surface area contributed by atoms with E-state index in [4.69, 9.17) is 16.6 Å². The normalized spacial score (nSPS) is 13.5. The number of halogens is 2. The minimum atomic E-state index is -0.118. The predicted molar refractivity (Wildman–Crippen MR) is 122 cm³/mol. The number of nitrogens with one attached hydrogen (secondary N) is 1. The van der Waals surface area contributed by atoms with Crippen molar-refractivity contribution in [1.29, 1.82) is 0 Å². The first-order valence-corrected chi connectivity index (χ1v) is 10.8. The molecule has 7 heteroatoms. The number of carbonyl (C=O) groups excluding carboxylic acids is 1. The van der Waals surface area contributed by atoms with Crippen molar-refractivity contribution < 1.29 is 4.79 Å². The summed E-state index contributed by atoms with van der Waals surface area (Å²) < 4.78 is 0.846. The molecule has 3 aromatic rings. The Kier molecular flexibility index (Phi) is 5.97. The highest BCUT2D eigenvalue weighted by Crippen LogP contribution is 2.31. The van der Waals surface area contributed by atoms with Gasteiger partial charge >= 0.3 is 0 Å². The average Bonchev–Trinajstić information content (AvgIpc) is 3.15. The van der Waals surface area contributed by atoms with Gasteiger partial charge in [-0.2, -0.15) is 0 Å². The third-order valence-corrected chi connectivity index (χ3v) is 6.28. The lowest BCUT2D eigenvalue weighted by Crippen LogP contribution is -2.28. The number of hydrogen-bond donors (Lipinski definition) is 1. The molecule has 1 atom stereocenters. The van der Waals surface area contributed by atoms with Gasteiger partial charge in [0.05, 0.1) is 30.4 Å². The highest BCUT2D eigenvalue weighted by atomic mass is 79.9. The van der Waals surface area contributed by atoms with Gasteiger partial charge in [-0.15, -0.1) is 0 Å². The Bertz CT molecular complexity index is 1140. The van der Waals surface area contributed by atoms with Crippen molar-refractivity contribution in [3.63, 3.8) is 0 Å². The maximum absolute atomic E-state index is 12.6. The van der Waals surface area contributed by atoms with Gasteiger partial charge in [0, 0.05) is 44.3 Å². The largest absolute Gasteiger partial charge is 0.349 e. The molecule has 0 bridgehead atoms. The maximum Gasteiger partial charge on any atom is 0.226 e. The van der Waals surface area contributed by atoms with E-state index in [-0.39, 0.29) is 18.4 Å². The highest BCUT2D eigenvalue weighted by molar-refractivity contribution is 9.10. The van der Waals surface area contributed by atoms with E-state index in [1.54, 1.807) is 6.20 Å². The Morgan fingerprint density at radius 1 is 1.23 bits per heavy atom. The van der Waals surface area contributed by atoms with Gasteiger partial charge in [-0.3, -0.25) is 19.8 Å². The van der Waals surface area contributed by atoms with Gasteiger partial charge in [-0.1, -0.05) is 23.7 Å². The van der Waals surface area contributed by atoms with Crippen LogP contribution >= 0.6 is 27.5 Å². The Morgan fingerprint density at radius 3 is 2.73 bits per heavy atom. The number of aliphatic imine (C=N–C) groups is 1. The molecule has 0 spiro atoms. The van der Waals surface area contributed by atoms with Crippen LogP contribution in [0.3, 0.4) is 0 Å². The summed E-state index contributed by atoms with van der Waals surface area (Å²) in [5, 5.41) is 3.69. The SMILES string of the molecule is Cc1cc(C2=NCc3c2cnc(CC(=O)N[C@H](C)c2ccc(Cl)cc2)c3Br)ccn1. The van der Waals surface area contributed by atoms with Crippen LogP contribution in [0.5, 0.6) is 0 Å². The van der Waals surface area contributed by atoms with Gasteiger partial charge in [0.25, 0.3) is 0 Å². The number of amides is 1. The van der Waals surface area contributed by atoms with Crippen molar-refractivity contribution in [1.82, 2.24) is 15.3 Å². The number of pyridine rings is 2. The summed E-state index contributed by atoms with van der Waals surface area (Å²) in [6.07, 6.45) is 3.79. The number of hydrogen-bond acceptors (Lipinski definition) is 4. The van der Waals surface area contributed by atoms with Crippen molar-refractivity contribution >= 4 is 39.1 Å². The van der Waals surface area contributed by atoms with Crippen molar-refractivity contribution in [3.05, 3.63) is 91.9 Å². The van der Waals surface area contributed by atoms with Crippen molar-refractivity contribution in [2.45, 2.75) is 32.9 Å². The van der Waals surface area contributed by atoms with Crippen molar-refractivity contribution in [2.24, 2.45) is 4.99 Å². The third-order valence-electron chi connectivity index (χ3n) is 5.09. The minimum Gasteiger partial charge on any atom is -0.349 e. The van der Waals surface area contributed by atoms with Crippen molar-refractivity contribution in [2.75, 3.05) is 0 Å². The highest BCUT2D eigenvalue weighted by Gasteiger charge is 2.23. The molecule has 152 valence electrons. The van der Waals surface area contributed by atoms with Crippen LogP contribution < -0.4 is 5.32 Å². The number of benzene rings is 1. The summed E-state index contributed by atoms with van der Waals surface area (Å²) in [5.74, 6) is -0.0884. The van der Waals surface area contributed by atoms with E-state index < -0.39 is 0 Å². The van der Waals surface area contributed by atoms with E-state index in [1.807, 2.05) is 56.4 Å². The summed E-state index contributed by atoms with van der Waals surface area (Å²) in [7, 11) is 0. The zero-order chi connectivity index (χ0) is 21.3. The number of aryl methyl sites for hydroxylation is 1. The standard InChI is InChI=1S/C23H20BrClN4O/c1-13-9-16(7-8-26-13)23-19-12-27-20(22(24)18(19)11-28-23)10-21(30)29-14(2)15-3-5-17(25)6-4-15/h3-9,12,14H,10-11H2,1-2H3,(H,29,30)/t14-/m1/s1. The van der Waals surface area contributed by atoms with E-state index in [0.717, 1.165) is 38.1 Å². The van der Waals surface area contributed by atoms with Crippen LogP contribution in [-0.2, 0) is 17.8 Å². The second kappa shape index (κ2) is 8.66. The fraction of sp³-hybridized carbons (Fsp3) is 0.217. The van der Waals surface area contributed by atoms with Gasteiger partial charge in [0.2, 0.25) is 5.91 Å². The van der Waals surface area contributed by atoms with E-state index in [2.05, 4.69) is 31.2 Å².